The number of nitrogens with zero attached hydrogens (tertiary/aromatic N) is 2. The molecule has 4 saturated heterocycles. The molecule has 4 rings (SSSR count). The highest BCUT2D eigenvalue weighted by Gasteiger charge is 2.44. The summed E-state index contributed by atoms with van der Waals surface area (Å²) < 4.78 is 30.2. The molecule has 3 N–H and O–H groups in total. The van der Waals surface area contributed by atoms with Gasteiger partial charge in [0.15, 0.2) is 0 Å². The van der Waals surface area contributed by atoms with E-state index in [2.05, 4.69) is 16.0 Å². The van der Waals surface area contributed by atoms with Crippen LogP contribution in [0.5, 0.6) is 0 Å². The van der Waals surface area contributed by atoms with Crippen molar-refractivity contribution < 1.29 is 57.2 Å². The minimum Gasteiger partial charge on any atom is -0.447 e. The van der Waals surface area contributed by atoms with E-state index in [9.17, 15) is 28.8 Å². The van der Waals surface area contributed by atoms with Crippen molar-refractivity contribution in [3.05, 3.63) is 0 Å². The number of alkyl carbamates (subject to hydrolysis) is 3. The first-order valence-electron chi connectivity index (χ1n) is 18.5. The van der Waals surface area contributed by atoms with E-state index in [0.717, 1.165) is 57.8 Å². The minimum absolute atomic E-state index is 0.0138. The number of carbonyl (C=O) groups is 6. The largest absolute Gasteiger partial charge is 0.447 e. The summed E-state index contributed by atoms with van der Waals surface area (Å²) in [6.45, 7) is 4.45. The summed E-state index contributed by atoms with van der Waals surface area (Å²) in [5.74, 6) is -1.80. The molecule has 0 aromatic heterocycles. The molecule has 4 aliphatic rings. The molecule has 0 bridgehead atoms. The SMILES string of the molecule is O=C(NCCCCCCC1C(=O)N(CCCCCCNC(=O)OCC2CO2)C(=O)N(CCCCCCNC(=O)OCC2CO2)C1=O)OCC1CO1. The standard InChI is InChI=1S/C34H55N5O12/c40-29-28(13-7-1-2-8-14-35-31(42)49-22-25-19-46-25)30(41)39(18-12-6-4-10-16-37-33(44)51-24-27-21-48-27)34(45)38(29)17-11-5-3-9-15-36-32(43)50-23-26-20-47-26/h25-28H,1-24H2,(H,35,42)(H,36,43)(H,37,44). The maximum atomic E-state index is 13.5. The Bertz CT molecular complexity index is 991. The molecule has 288 valence electrons. The lowest BCUT2D eigenvalue weighted by atomic mass is 9.95. The van der Waals surface area contributed by atoms with Gasteiger partial charge in [0.05, 0.1) is 19.8 Å². The summed E-state index contributed by atoms with van der Waals surface area (Å²) >= 11 is 0. The van der Waals surface area contributed by atoms with E-state index < -0.39 is 42.0 Å². The molecule has 4 heterocycles. The summed E-state index contributed by atoms with van der Waals surface area (Å²) in [5, 5.41) is 8.11. The second-order valence-electron chi connectivity index (χ2n) is 13.3. The number of amides is 7. The van der Waals surface area contributed by atoms with Gasteiger partial charge in [0.1, 0.15) is 44.1 Å². The number of unbranched alkanes of at least 4 members (excludes halogenated alkanes) is 9. The first kappa shape index (κ1) is 40.1. The Kier molecular flexibility index (Phi) is 17.5. The van der Waals surface area contributed by atoms with E-state index in [1.807, 2.05) is 0 Å². The summed E-state index contributed by atoms with van der Waals surface area (Å²) in [4.78, 5) is 77.9. The second kappa shape index (κ2) is 22.3. The van der Waals surface area contributed by atoms with Gasteiger partial charge in [-0.3, -0.25) is 19.4 Å². The van der Waals surface area contributed by atoms with E-state index in [4.69, 9.17) is 28.4 Å². The monoisotopic (exact) mass is 725 g/mol. The molecule has 4 fully saturated rings. The molecule has 3 atom stereocenters. The van der Waals surface area contributed by atoms with Gasteiger partial charge in [-0.05, 0) is 38.5 Å². The number of hydrogen-bond acceptors (Lipinski definition) is 12. The van der Waals surface area contributed by atoms with Crippen LogP contribution >= 0.6 is 0 Å². The number of ether oxygens (including phenoxy) is 6. The molecule has 0 saturated carbocycles. The van der Waals surface area contributed by atoms with Crippen LogP contribution in [0.3, 0.4) is 0 Å². The van der Waals surface area contributed by atoms with Gasteiger partial charge in [-0.25, -0.2) is 19.2 Å². The van der Waals surface area contributed by atoms with Crippen molar-refractivity contribution in [1.82, 2.24) is 25.8 Å². The average Bonchev–Trinajstić information content (AvgIpc) is 3.96. The maximum Gasteiger partial charge on any atom is 0.407 e. The number of hydrogen-bond donors (Lipinski definition) is 3. The predicted molar refractivity (Wildman–Crippen MR) is 180 cm³/mol. The minimum atomic E-state index is -0.909. The van der Waals surface area contributed by atoms with E-state index in [1.165, 1.54) is 9.80 Å². The van der Waals surface area contributed by atoms with Crippen LogP contribution in [0.2, 0.25) is 0 Å². The number of epoxide rings is 3. The van der Waals surface area contributed by atoms with Gasteiger partial charge in [0, 0.05) is 32.7 Å². The zero-order chi connectivity index (χ0) is 36.3. The van der Waals surface area contributed by atoms with Crippen molar-refractivity contribution in [3.8, 4) is 0 Å². The number of barbiturate groups is 1. The van der Waals surface area contributed by atoms with Crippen molar-refractivity contribution in [1.29, 1.82) is 0 Å². The Morgan fingerprint density at radius 1 is 0.529 bits per heavy atom. The van der Waals surface area contributed by atoms with E-state index >= 15 is 0 Å². The molecular weight excluding hydrogens is 670 g/mol. The van der Waals surface area contributed by atoms with Crippen molar-refractivity contribution in [2.75, 3.05) is 72.4 Å². The molecule has 7 amide bonds. The third kappa shape index (κ3) is 16.5. The quantitative estimate of drug-likeness (QED) is 0.0483. The van der Waals surface area contributed by atoms with Gasteiger partial charge in [-0.2, -0.15) is 0 Å². The molecule has 0 aromatic rings. The lowest BCUT2D eigenvalue weighted by Crippen LogP contribution is -2.60. The van der Waals surface area contributed by atoms with Crippen LogP contribution in [0.15, 0.2) is 0 Å². The van der Waals surface area contributed by atoms with Crippen molar-refractivity contribution in [2.45, 2.75) is 102 Å². The molecule has 0 radical (unpaired) electrons. The van der Waals surface area contributed by atoms with E-state index in [0.29, 0.717) is 65.1 Å². The normalized spacial score (nSPS) is 22.0. The van der Waals surface area contributed by atoms with Gasteiger partial charge in [-0.1, -0.05) is 44.9 Å². The lowest BCUT2D eigenvalue weighted by Gasteiger charge is -2.37. The highest BCUT2D eigenvalue weighted by Crippen LogP contribution is 2.24. The summed E-state index contributed by atoms with van der Waals surface area (Å²) in [6, 6.07) is -0.569. The maximum absolute atomic E-state index is 13.5. The summed E-state index contributed by atoms with van der Waals surface area (Å²) in [5.41, 5.74) is 0. The zero-order valence-corrected chi connectivity index (χ0v) is 29.6. The molecule has 3 unspecified atom stereocenters. The molecule has 0 spiro atoms. The Hall–Kier alpha value is -3.70. The predicted octanol–water partition coefficient (Wildman–Crippen LogP) is 2.84. The van der Waals surface area contributed by atoms with Gasteiger partial charge in [0.2, 0.25) is 11.8 Å². The Labute approximate surface area is 299 Å². The fraction of sp³-hybridized carbons (Fsp3) is 0.824. The molecule has 4 aliphatic heterocycles. The summed E-state index contributed by atoms with van der Waals surface area (Å²) in [7, 11) is 0. The van der Waals surface area contributed by atoms with Gasteiger partial charge in [0.25, 0.3) is 0 Å². The topological polar surface area (TPSA) is 210 Å². The second-order valence-corrected chi connectivity index (χ2v) is 13.3. The van der Waals surface area contributed by atoms with Crippen LogP contribution in [0, 0.1) is 5.92 Å². The molecule has 0 aromatic carbocycles. The number of imide groups is 2. The van der Waals surface area contributed by atoms with Crippen molar-refractivity contribution >= 4 is 36.1 Å². The first-order chi connectivity index (χ1) is 24.8. The van der Waals surface area contributed by atoms with Crippen molar-refractivity contribution in [2.24, 2.45) is 5.92 Å². The average molecular weight is 726 g/mol. The molecule has 0 aliphatic carbocycles. The lowest BCUT2D eigenvalue weighted by molar-refractivity contribution is -0.149. The molecule has 17 heteroatoms. The van der Waals surface area contributed by atoms with Crippen LogP contribution < -0.4 is 16.0 Å². The van der Waals surface area contributed by atoms with E-state index in [-0.39, 0.29) is 51.2 Å². The van der Waals surface area contributed by atoms with Crippen LogP contribution in [-0.4, -0.2) is 137 Å². The third-order valence-corrected chi connectivity index (χ3v) is 8.84. The van der Waals surface area contributed by atoms with Crippen LogP contribution in [0.1, 0.15) is 83.5 Å². The molecule has 17 nitrogen and oxygen atoms in total. The zero-order valence-electron chi connectivity index (χ0n) is 29.6. The van der Waals surface area contributed by atoms with Crippen molar-refractivity contribution in [3.63, 3.8) is 0 Å². The third-order valence-electron chi connectivity index (χ3n) is 8.84. The molecular formula is C34H55N5O12. The van der Waals surface area contributed by atoms with Crippen LogP contribution in [-0.2, 0) is 38.0 Å². The fourth-order valence-corrected chi connectivity index (χ4v) is 5.52. The van der Waals surface area contributed by atoms with E-state index in [1.54, 1.807) is 0 Å². The Morgan fingerprint density at radius 2 is 0.863 bits per heavy atom. The number of urea groups is 1. The molecule has 51 heavy (non-hydrogen) atoms. The number of nitrogens with one attached hydrogen (secondary N) is 3. The smallest absolute Gasteiger partial charge is 0.407 e. The fourth-order valence-electron chi connectivity index (χ4n) is 5.52. The van der Waals surface area contributed by atoms with Gasteiger partial charge in [-0.15, -0.1) is 0 Å². The van der Waals surface area contributed by atoms with Gasteiger partial charge >= 0.3 is 24.3 Å². The van der Waals surface area contributed by atoms with Gasteiger partial charge < -0.3 is 44.4 Å². The van der Waals surface area contributed by atoms with Crippen LogP contribution in [0.25, 0.3) is 0 Å². The Balaban J connectivity index is 1.14. The highest BCUT2D eigenvalue weighted by molar-refractivity contribution is 6.16. The number of rotatable bonds is 27. The van der Waals surface area contributed by atoms with Crippen LogP contribution in [0.4, 0.5) is 19.2 Å². The number of carbonyl (C=O) groups excluding carboxylic acids is 6. The first-order valence-corrected chi connectivity index (χ1v) is 18.5. The summed E-state index contributed by atoms with van der Waals surface area (Å²) in [6.07, 6.45) is 7.59. The highest BCUT2D eigenvalue weighted by atomic mass is 16.6. The Morgan fingerprint density at radius 3 is 1.22 bits per heavy atom.